The van der Waals surface area contributed by atoms with Gasteiger partial charge in [0, 0.05) is 39.3 Å². The number of hydrogen-bond acceptors (Lipinski definition) is 6. The molecule has 1 atom stereocenters. The van der Waals surface area contributed by atoms with E-state index in [1.807, 2.05) is 44.7 Å². The first-order valence-corrected chi connectivity index (χ1v) is 12.8. The second-order valence-corrected chi connectivity index (χ2v) is 11.1. The van der Waals surface area contributed by atoms with E-state index in [0.29, 0.717) is 13.1 Å². The minimum absolute atomic E-state index is 0.0600. The van der Waals surface area contributed by atoms with Crippen molar-refractivity contribution in [1.82, 2.24) is 14.7 Å². The lowest BCUT2D eigenvalue weighted by atomic mass is 9.91. The number of carbonyl (C=O) groups is 2. The van der Waals surface area contributed by atoms with Crippen LogP contribution in [0.15, 0.2) is 18.2 Å². The first-order valence-electron chi connectivity index (χ1n) is 12.8. The molecular formula is C26H35F6N3O4. The molecule has 220 valence electrons. The van der Waals surface area contributed by atoms with Crippen LogP contribution < -0.4 is 0 Å². The Balaban J connectivity index is 1.58. The number of carbonyl (C=O) groups excluding carboxylic acids is 2. The Labute approximate surface area is 224 Å². The third-order valence-corrected chi connectivity index (χ3v) is 6.62. The maximum Gasteiger partial charge on any atom is 0.434 e. The fraction of sp³-hybridized carbons (Fsp3) is 0.692. The number of ether oxygens (including phenoxy) is 2. The Morgan fingerprint density at radius 1 is 0.949 bits per heavy atom. The molecule has 1 aromatic carbocycles. The van der Waals surface area contributed by atoms with Gasteiger partial charge in [0.2, 0.25) is 0 Å². The number of halogens is 6. The van der Waals surface area contributed by atoms with Crippen LogP contribution in [0.3, 0.4) is 0 Å². The van der Waals surface area contributed by atoms with Gasteiger partial charge in [-0.2, -0.15) is 26.3 Å². The number of amides is 1. The van der Waals surface area contributed by atoms with Crippen LogP contribution in [0.2, 0.25) is 0 Å². The predicted octanol–water partition coefficient (Wildman–Crippen LogP) is 4.87. The molecule has 2 saturated heterocycles. The fourth-order valence-electron chi connectivity index (χ4n) is 4.85. The van der Waals surface area contributed by atoms with E-state index < -0.39 is 30.2 Å². The average molecular weight is 568 g/mol. The van der Waals surface area contributed by atoms with E-state index in [4.69, 9.17) is 4.74 Å². The molecule has 1 unspecified atom stereocenters. The lowest BCUT2D eigenvalue weighted by molar-refractivity contribution is -0.308. The number of aryl methyl sites for hydroxylation is 1. The molecule has 13 heteroatoms. The van der Waals surface area contributed by atoms with Crippen molar-refractivity contribution in [3.05, 3.63) is 34.9 Å². The zero-order chi connectivity index (χ0) is 29.2. The summed E-state index contributed by atoms with van der Waals surface area (Å²) in [5, 5.41) is 0. The van der Waals surface area contributed by atoms with Gasteiger partial charge in [-0.25, -0.2) is 4.79 Å². The SMILES string of the molecule is Cc1ccc(CN2CCN(C(=O)OC(C(F)(F)F)C(F)(F)F)CC2)c(C2CCN(CC(=O)OC(C)(C)C)C2)c1. The molecule has 0 aromatic heterocycles. The maximum atomic E-state index is 12.7. The van der Waals surface area contributed by atoms with Crippen molar-refractivity contribution in [2.45, 2.75) is 70.6 Å². The van der Waals surface area contributed by atoms with Crippen LogP contribution in [0.5, 0.6) is 0 Å². The monoisotopic (exact) mass is 567 g/mol. The Kier molecular flexibility index (Phi) is 9.47. The Bertz CT molecular complexity index is 1000. The summed E-state index contributed by atoms with van der Waals surface area (Å²) in [4.78, 5) is 29.2. The molecule has 2 aliphatic heterocycles. The molecule has 0 aliphatic carbocycles. The molecule has 7 nitrogen and oxygen atoms in total. The summed E-state index contributed by atoms with van der Waals surface area (Å²) in [5.41, 5.74) is 2.71. The highest BCUT2D eigenvalue weighted by molar-refractivity contribution is 5.72. The topological polar surface area (TPSA) is 62.3 Å². The summed E-state index contributed by atoms with van der Waals surface area (Å²) in [6.07, 6.45) is -16.4. The lowest BCUT2D eigenvalue weighted by Crippen LogP contribution is -2.52. The minimum Gasteiger partial charge on any atom is -0.459 e. The van der Waals surface area contributed by atoms with Crippen molar-refractivity contribution < 1.29 is 45.4 Å². The highest BCUT2D eigenvalue weighted by Gasteiger charge is 2.60. The van der Waals surface area contributed by atoms with E-state index in [0.717, 1.165) is 34.6 Å². The summed E-state index contributed by atoms with van der Waals surface area (Å²) in [5.74, 6) is -0.0823. The Morgan fingerprint density at radius 2 is 1.56 bits per heavy atom. The van der Waals surface area contributed by atoms with Crippen molar-refractivity contribution in [1.29, 1.82) is 0 Å². The first kappa shape index (κ1) is 31.0. The molecule has 0 radical (unpaired) electrons. The van der Waals surface area contributed by atoms with Crippen LogP contribution in [-0.2, 0) is 20.8 Å². The summed E-state index contributed by atoms with van der Waals surface area (Å²) >= 11 is 0. The molecule has 1 aromatic rings. The van der Waals surface area contributed by atoms with Gasteiger partial charge in [0.15, 0.2) is 0 Å². The normalized spacial score (nSPS) is 20.0. The van der Waals surface area contributed by atoms with Gasteiger partial charge in [0.1, 0.15) is 5.60 Å². The van der Waals surface area contributed by atoms with E-state index in [1.54, 1.807) is 0 Å². The average Bonchev–Trinajstić information content (AvgIpc) is 3.24. The number of alkyl halides is 6. The minimum atomic E-state index is -5.75. The van der Waals surface area contributed by atoms with Crippen LogP contribution in [-0.4, -0.2) is 96.6 Å². The molecule has 0 bridgehead atoms. The highest BCUT2D eigenvalue weighted by Crippen LogP contribution is 2.36. The van der Waals surface area contributed by atoms with Gasteiger partial charge < -0.3 is 14.4 Å². The third kappa shape index (κ3) is 8.99. The summed E-state index contributed by atoms with van der Waals surface area (Å²) in [6.45, 7) is 10.0. The molecule has 2 fully saturated rings. The zero-order valence-corrected chi connectivity index (χ0v) is 22.5. The van der Waals surface area contributed by atoms with Crippen molar-refractivity contribution in [3.63, 3.8) is 0 Å². The molecule has 0 spiro atoms. The van der Waals surface area contributed by atoms with E-state index >= 15 is 0 Å². The number of esters is 1. The van der Waals surface area contributed by atoms with Gasteiger partial charge in [-0.15, -0.1) is 0 Å². The standard InChI is InChI=1S/C26H35F6N3O4/c1-17-5-6-18(20(13-17)19-7-8-34(15-19)16-21(36)39-24(2,3)4)14-33-9-11-35(12-10-33)23(37)38-22(25(27,28)29)26(30,31)32/h5-6,13,19,22H,7-12,14-16H2,1-4H3. The molecule has 2 aliphatic rings. The van der Waals surface area contributed by atoms with Gasteiger partial charge in [-0.05, 0) is 57.7 Å². The van der Waals surface area contributed by atoms with E-state index in [2.05, 4.69) is 15.7 Å². The summed E-state index contributed by atoms with van der Waals surface area (Å²) in [6, 6.07) is 6.10. The molecule has 1 amide bonds. The molecule has 0 N–H and O–H groups in total. The van der Waals surface area contributed by atoms with Gasteiger partial charge >= 0.3 is 24.4 Å². The molecule has 0 saturated carbocycles. The third-order valence-electron chi connectivity index (χ3n) is 6.62. The largest absolute Gasteiger partial charge is 0.459 e. The summed E-state index contributed by atoms with van der Waals surface area (Å²) < 4.78 is 85.7. The lowest BCUT2D eigenvalue weighted by Gasteiger charge is -2.35. The number of nitrogens with zero attached hydrogens (tertiary/aromatic N) is 3. The van der Waals surface area contributed by atoms with Crippen molar-refractivity contribution in [2.24, 2.45) is 0 Å². The highest BCUT2D eigenvalue weighted by atomic mass is 19.4. The molecular weight excluding hydrogens is 532 g/mol. The molecule has 2 heterocycles. The number of likely N-dealkylation sites (tertiary alicyclic amines) is 1. The van der Waals surface area contributed by atoms with Crippen molar-refractivity contribution in [3.8, 4) is 0 Å². The zero-order valence-electron chi connectivity index (χ0n) is 22.5. The second-order valence-electron chi connectivity index (χ2n) is 11.1. The molecule has 39 heavy (non-hydrogen) atoms. The van der Waals surface area contributed by atoms with Crippen molar-refractivity contribution in [2.75, 3.05) is 45.8 Å². The number of rotatable bonds is 6. The van der Waals surface area contributed by atoms with Gasteiger partial charge in [-0.1, -0.05) is 23.8 Å². The van der Waals surface area contributed by atoms with Gasteiger partial charge in [0.25, 0.3) is 6.10 Å². The number of piperazine rings is 1. The van der Waals surface area contributed by atoms with E-state index in [1.165, 1.54) is 0 Å². The van der Waals surface area contributed by atoms with Crippen LogP contribution in [0.4, 0.5) is 31.1 Å². The van der Waals surface area contributed by atoms with E-state index in [-0.39, 0.29) is 44.6 Å². The fourth-order valence-corrected chi connectivity index (χ4v) is 4.85. The number of benzene rings is 1. The first-order chi connectivity index (χ1) is 17.9. The Morgan fingerprint density at radius 3 is 2.13 bits per heavy atom. The quantitative estimate of drug-likeness (QED) is 0.361. The molecule has 3 rings (SSSR count). The van der Waals surface area contributed by atoms with E-state index in [9.17, 15) is 35.9 Å². The van der Waals surface area contributed by atoms with Gasteiger partial charge in [0.05, 0.1) is 6.54 Å². The Hall–Kier alpha value is -2.54. The van der Waals surface area contributed by atoms with Gasteiger partial charge in [-0.3, -0.25) is 14.6 Å². The van der Waals surface area contributed by atoms with Crippen LogP contribution >= 0.6 is 0 Å². The van der Waals surface area contributed by atoms with Crippen LogP contribution in [0, 0.1) is 6.92 Å². The smallest absolute Gasteiger partial charge is 0.434 e. The summed E-state index contributed by atoms with van der Waals surface area (Å²) in [7, 11) is 0. The second kappa shape index (κ2) is 11.9. The van der Waals surface area contributed by atoms with Crippen LogP contribution in [0.1, 0.15) is 49.8 Å². The predicted molar refractivity (Wildman–Crippen MR) is 130 cm³/mol. The maximum absolute atomic E-state index is 12.7. The number of hydrogen-bond donors (Lipinski definition) is 0. The van der Waals surface area contributed by atoms with Crippen molar-refractivity contribution >= 4 is 12.1 Å². The van der Waals surface area contributed by atoms with Crippen LogP contribution in [0.25, 0.3) is 0 Å².